The summed E-state index contributed by atoms with van der Waals surface area (Å²) in [6, 6.07) is 10.7. The molecule has 4 rings (SSSR count). The second-order valence-electron chi connectivity index (χ2n) is 8.21. The number of nitrogens with one attached hydrogen (secondary N) is 2. The number of likely N-dealkylation sites (tertiary alicyclic amines) is 1. The molecule has 158 valence electrons. The number of piperidine rings is 1. The number of amides is 3. The van der Waals surface area contributed by atoms with E-state index in [1.54, 1.807) is 12.1 Å². The third-order valence-corrected chi connectivity index (χ3v) is 6.69. The minimum Gasteiger partial charge on any atom is -0.352 e. The van der Waals surface area contributed by atoms with Crippen LogP contribution in [0, 0.1) is 12.8 Å². The highest BCUT2D eigenvalue weighted by molar-refractivity contribution is 7.12. The topological polar surface area (TPSA) is 78.5 Å². The molecule has 6 nitrogen and oxygen atoms in total. The van der Waals surface area contributed by atoms with Crippen molar-refractivity contribution in [2.45, 2.75) is 44.7 Å². The molecule has 1 unspecified atom stereocenters. The average molecular weight is 426 g/mol. The van der Waals surface area contributed by atoms with Crippen LogP contribution in [0.25, 0.3) is 0 Å². The molecule has 1 atom stereocenters. The van der Waals surface area contributed by atoms with Crippen molar-refractivity contribution in [3.63, 3.8) is 0 Å². The van der Waals surface area contributed by atoms with E-state index < -0.39 is 6.04 Å². The van der Waals surface area contributed by atoms with Gasteiger partial charge in [0.1, 0.15) is 6.04 Å². The smallest absolute Gasteiger partial charge is 0.263 e. The Balaban J connectivity index is 1.42. The van der Waals surface area contributed by atoms with E-state index in [9.17, 15) is 14.4 Å². The van der Waals surface area contributed by atoms with Gasteiger partial charge in [0.25, 0.3) is 11.8 Å². The van der Waals surface area contributed by atoms with E-state index in [4.69, 9.17) is 0 Å². The van der Waals surface area contributed by atoms with Gasteiger partial charge < -0.3 is 15.5 Å². The molecule has 1 aromatic heterocycles. The van der Waals surface area contributed by atoms with Crippen molar-refractivity contribution in [2.24, 2.45) is 5.92 Å². The Bertz CT molecular complexity index is 898. The molecular weight excluding hydrogens is 398 g/mol. The first-order chi connectivity index (χ1) is 14.5. The minimum absolute atomic E-state index is 0.00512. The molecule has 3 amide bonds. The van der Waals surface area contributed by atoms with Crippen molar-refractivity contribution < 1.29 is 14.4 Å². The molecule has 1 aliphatic carbocycles. The van der Waals surface area contributed by atoms with Gasteiger partial charge in [0.05, 0.1) is 4.88 Å². The van der Waals surface area contributed by atoms with Crippen LogP contribution in [0.15, 0.2) is 41.8 Å². The number of nitrogens with zero attached hydrogens (tertiary/aromatic N) is 1. The van der Waals surface area contributed by atoms with E-state index in [0.29, 0.717) is 31.5 Å². The van der Waals surface area contributed by atoms with Gasteiger partial charge in [0.2, 0.25) is 5.91 Å². The normalized spacial score (nSPS) is 18.0. The number of aryl methyl sites for hydroxylation is 1. The van der Waals surface area contributed by atoms with Gasteiger partial charge in [0.15, 0.2) is 0 Å². The van der Waals surface area contributed by atoms with Gasteiger partial charge >= 0.3 is 0 Å². The van der Waals surface area contributed by atoms with Gasteiger partial charge in [0, 0.05) is 24.7 Å². The van der Waals surface area contributed by atoms with Crippen molar-refractivity contribution in [3.8, 4) is 0 Å². The Kier molecular flexibility index (Phi) is 6.18. The summed E-state index contributed by atoms with van der Waals surface area (Å²) in [4.78, 5) is 40.9. The standard InChI is InChI=1S/C23H27N3O3S/c1-15-4-6-17(7-5-15)21(27)25-20(22(28)24-18-8-9-18)16-10-12-26(13-11-16)23(29)19-3-2-14-30-19/h2-7,14,16,18,20H,8-13H2,1H3,(H,24,28)(H,25,27). The highest BCUT2D eigenvalue weighted by Crippen LogP contribution is 2.25. The summed E-state index contributed by atoms with van der Waals surface area (Å²) in [5.41, 5.74) is 1.63. The van der Waals surface area contributed by atoms with Gasteiger partial charge in [-0.05, 0) is 62.1 Å². The molecular formula is C23H27N3O3S. The first-order valence-electron chi connectivity index (χ1n) is 10.5. The molecule has 0 radical (unpaired) electrons. The molecule has 2 N–H and O–H groups in total. The van der Waals surface area contributed by atoms with Crippen LogP contribution < -0.4 is 10.6 Å². The summed E-state index contributed by atoms with van der Waals surface area (Å²) in [5, 5.41) is 7.92. The highest BCUT2D eigenvalue weighted by Gasteiger charge is 2.36. The molecule has 7 heteroatoms. The fourth-order valence-corrected chi connectivity index (χ4v) is 4.53. The maximum absolute atomic E-state index is 12.9. The zero-order valence-corrected chi connectivity index (χ0v) is 17.9. The number of carbonyl (C=O) groups is 3. The fourth-order valence-electron chi connectivity index (χ4n) is 3.84. The summed E-state index contributed by atoms with van der Waals surface area (Å²) < 4.78 is 0. The Morgan fingerprint density at radius 1 is 1.03 bits per heavy atom. The number of rotatable bonds is 6. The Hall–Kier alpha value is -2.67. The summed E-state index contributed by atoms with van der Waals surface area (Å²) in [6.07, 6.45) is 3.37. The molecule has 1 saturated heterocycles. The summed E-state index contributed by atoms with van der Waals surface area (Å²) in [6.45, 7) is 3.16. The second kappa shape index (κ2) is 9.00. The number of carbonyl (C=O) groups excluding carboxylic acids is 3. The van der Waals surface area contributed by atoms with Gasteiger partial charge in [-0.1, -0.05) is 23.8 Å². The zero-order valence-electron chi connectivity index (χ0n) is 17.1. The first kappa shape index (κ1) is 20.6. The predicted molar refractivity (Wildman–Crippen MR) is 117 cm³/mol. The van der Waals surface area contributed by atoms with E-state index in [0.717, 1.165) is 23.3 Å². The van der Waals surface area contributed by atoms with Crippen molar-refractivity contribution in [1.82, 2.24) is 15.5 Å². The van der Waals surface area contributed by atoms with Crippen LogP contribution in [0.3, 0.4) is 0 Å². The Morgan fingerprint density at radius 2 is 1.73 bits per heavy atom. The highest BCUT2D eigenvalue weighted by atomic mass is 32.1. The van der Waals surface area contributed by atoms with Crippen molar-refractivity contribution >= 4 is 29.1 Å². The molecule has 2 aliphatic rings. The molecule has 0 spiro atoms. The lowest BCUT2D eigenvalue weighted by Crippen LogP contribution is -2.54. The largest absolute Gasteiger partial charge is 0.352 e. The average Bonchev–Trinajstić information content (AvgIpc) is 3.40. The number of thiophene rings is 1. The van der Waals surface area contributed by atoms with E-state index >= 15 is 0 Å². The maximum atomic E-state index is 12.9. The predicted octanol–water partition coefficient (Wildman–Crippen LogP) is 2.99. The lowest BCUT2D eigenvalue weighted by atomic mass is 9.88. The van der Waals surface area contributed by atoms with Crippen LogP contribution in [0.1, 0.15) is 51.3 Å². The molecule has 2 aromatic rings. The summed E-state index contributed by atoms with van der Waals surface area (Å²) >= 11 is 1.45. The number of benzene rings is 1. The van der Waals surface area contributed by atoms with E-state index in [2.05, 4.69) is 10.6 Å². The number of hydrogen-bond acceptors (Lipinski definition) is 4. The van der Waals surface area contributed by atoms with E-state index in [-0.39, 0.29) is 29.7 Å². The fraction of sp³-hybridized carbons (Fsp3) is 0.435. The lowest BCUT2D eigenvalue weighted by molar-refractivity contribution is -0.124. The summed E-state index contributed by atoms with van der Waals surface area (Å²) in [7, 11) is 0. The van der Waals surface area contributed by atoms with Crippen LogP contribution in [-0.4, -0.2) is 47.8 Å². The quantitative estimate of drug-likeness (QED) is 0.747. The zero-order chi connectivity index (χ0) is 21.1. The van der Waals surface area contributed by atoms with Gasteiger partial charge in [-0.25, -0.2) is 0 Å². The molecule has 1 aliphatic heterocycles. The van der Waals surface area contributed by atoms with E-state index in [1.807, 2.05) is 41.5 Å². The Morgan fingerprint density at radius 3 is 2.33 bits per heavy atom. The maximum Gasteiger partial charge on any atom is 0.263 e. The SMILES string of the molecule is Cc1ccc(C(=O)NC(C(=O)NC2CC2)C2CCN(C(=O)c3cccs3)CC2)cc1. The first-order valence-corrected chi connectivity index (χ1v) is 11.4. The molecule has 1 aromatic carbocycles. The number of hydrogen-bond donors (Lipinski definition) is 2. The van der Waals surface area contributed by atoms with Crippen molar-refractivity contribution in [1.29, 1.82) is 0 Å². The van der Waals surface area contributed by atoms with Crippen LogP contribution in [0.2, 0.25) is 0 Å². The molecule has 2 fully saturated rings. The van der Waals surface area contributed by atoms with Crippen LogP contribution in [-0.2, 0) is 4.79 Å². The monoisotopic (exact) mass is 425 g/mol. The van der Waals surface area contributed by atoms with Crippen LogP contribution >= 0.6 is 11.3 Å². The molecule has 1 saturated carbocycles. The third kappa shape index (κ3) is 4.90. The van der Waals surface area contributed by atoms with Gasteiger partial charge in [-0.3, -0.25) is 14.4 Å². The molecule has 0 bridgehead atoms. The van der Waals surface area contributed by atoms with Gasteiger partial charge in [-0.2, -0.15) is 0 Å². The molecule has 30 heavy (non-hydrogen) atoms. The Labute approximate surface area is 180 Å². The molecule has 2 heterocycles. The van der Waals surface area contributed by atoms with Crippen LogP contribution in [0.5, 0.6) is 0 Å². The van der Waals surface area contributed by atoms with Crippen LogP contribution in [0.4, 0.5) is 0 Å². The third-order valence-electron chi connectivity index (χ3n) is 5.84. The lowest BCUT2D eigenvalue weighted by Gasteiger charge is -2.35. The summed E-state index contributed by atoms with van der Waals surface area (Å²) in [5.74, 6) is -0.291. The van der Waals surface area contributed by atoms with Crippen molar-refractivity contribution in [2.75, 3.05) is 13.1 Å². The van der Waals surface area contributed by atoms with E-state index in [1.165, 1.54) is 11.3 Å². The van der Waals surface area contributed by atoms with Gasteiger partial charge in [-0.15, -0.1) is 11.3 Å². The minimum atomic E-state index is -0.585. The second-order valence-corrected chi connectivity index (χ2v) is 9.15. The van der Waals surface area contributed by atoms with Crippen molar-refractivity contribution in [3.05, 3.63) is 57.8 Å².